The maximum atomic E-state index is 11.7. The number of hydrogen-bond acceptors (Lipinski definition) is 4. The van der Waals surface area contributed by atoms with Crippen molar-refractivity contribution in [2.75, 3.05) is 17.9 Å². The fraction of sp³-hybridized carbons (Fsp3) is 0.333. The third-order valence-electron chi connectivity index (χ3n) is 2.05. The topological polar surface area (TPSA) is 52.6 Å². The smallest absolute Gasteiger partial charge is 0.231 e. The van der Waals surface area contributed by atoms with E-state index in [9.17, 15) is 8.42 Å². The molecule has 82 valence electrons. The van der Waals surface area contributed by atoms with Gasteiger partial charge in [-0.25, -0.2) is 8.42 Å². The van der Waals surface area contributed by atoms with Gasteiger partial charge in [0.2, 0.25) is 6.79 Å². The zero-order valence-electron chi connectivity index (χ0n) is 7.77. The van der Waals surface area contributed by atoms with E-state index in [1.54, 1.807) is 6.07 Å². The summed E-state index contributed by atoms with van der Waals surface area (Å²) in [6.07, 6.45) is 0. The molecule has 1 heterocycles. The Labute approximate surface area is 96.2 Å². The molecule has 1 aliphatic rings. The number of rotatable bonds is 3. The number of halogens is 1. The first-order chi connectivity index (χ1) is 7.13. The second kappa shape index (κ2) is 4.02. The number of benzene rings is 1. The van der Waals surface area contributed by atoms with Gasteiger partial charge in [0.25, 0.3) is 0 Å². The van der Waals surface area contributed by atoms with Gasteiger partial charge in [-0.2, -0.15) is 0 Å². The van der Waals surface area contributed by atoms with Crippen molar-refractivity contribution in [3.05, 3.63) is 18.2 Å². The van der Waals surface area contributed by atoms with Gasteiger partial charge >= 0.3 is 0 Å². The monoisotopic (exact) mass is 292 g/mol. The molecule has 0 saturated carbocycles. The fourth-order valence-corrected chi connectivity index (χ4v) is 3.57. The lowest BCUT2D eigenvalue weighted by Crippen LogP contribution is -2.07. The van der Waals surface area contributed by atoms with E-state index in [1.165, 1.54) is 12.1 Å². The molecular weight excluding hydrogens is 284 g/mol. The number of ether oxygens (including phenoxy) is 2. The molecular formula is C9H9BrO4S. The molecule has 0 bridgehead atoms. The van der Waals surface area contributed by atoms with Crippen LogP contribution in [-0.2, 0) is 9.84 Å². The van der Waals surface area contributed by atoms with Crippen molar-refractivity contribution in [1.82, 2.24) is 0 Å². The average Bonchev–Trinajstić information content (AvgIpc) is 2.63. The van der Waals surface area contributed by atoms with Crippen LogP contribution in [0.1, 0.15) is 0 Å². The molecule has 2 rings (SSSR count). The molecule has 0 spiro atoms. The van der Waals surface area contributed by atoms with Gasteiger partial charge in [-0.05, 0) is 12.1 Å². The lowest BCUT2D eigenvalue weighted by molar-refractivity contribution is 0.174. The second-order valence-electron chi connectivity index (χ2n) is 3.02. The SMILES string of the molecule is O=S(=O)(CCBr)c1ccc2c(c1)OCO2. The van der Waals surface area contributed by atoms with Gasteiger partial charge in [0, 0.05) is 11.4 Å². The molecule has 0 amide bonds. The Morgan fingerprint density at radius 2 is 2.00 bits per heavy atom. The van der Waals surface area contributed by atoms with Gasteiger partial charge in [-0.15, -0.1) is 0 Å². The van der Waals surface area contributed by atoms with E-state index in [0.717, 1.165) is 0 Å². The van der Waals surface area contributed by atoms with E-state index < -0.39 is 9.84 Å². The van der Waals surface area contributed by atoms with Crippen LogP contribution in [0, 0.1) is 0 Å². The van der Waals surface area contributed by atoms with Gasteiger partial charge in [0.15, 0.2) is 21.3 Å². The number of fused-ring (bicyclic) bond motifs is 1. The highest BCUT2D eigenvalue weighted by Gasteiger charge is 2.19. The molecule has 1 aromatic rings. The zero-order valence-corrected chi connectivity index (χ0v) is 10.2. The van der Waals surface area contributed by atoms with Crippen LogP contribution in [0.4, 0.5) is 0 Å². The molecule has 0 fully saturated rings. The number of alkyl halides is 1. The highest BCUT2D eigenvalue weighted by molar-refractivity contribution is 9.09. The third-order valence-corrected chi connectivity index (χ3v) is 4.68. The van der Waals surface area contributed by atoms with Crippen molar-refractivity contribution in [2.45, 2.75) is 4.90 Å². The summed E-state index contributed by atoms with van der Waals surface area (Å²) in [5.41, 5.74) is 0. The molecule has 0 saturated heterocycles. The van der Waals surface area contributed by atoms with E-state index in [4.69, 9.17) is 9.47 Å². The van der Waals surface area contributed by atoms with Crippen molar-refractivity contribution in [3.8, 4) is 11.5 Å². The lowest BCUT2D eigenvalue weighted by atomic mass is 10.3. The van der Waals surface area contributed by atoms with Gasteiger partial charge in [0.05, 0.1) is 10.6 Å². The molecule has 0 radical (unpaired) electrons. The summed E-state index contributed by atoms with van der Waals surface area (Å²) in [5, 5.41) is 0.420. The summed E-state index contributed by atoms with van der Waals surface area (Å²) in [6, 6.07) is 4.65. The minimum atomic E-state index is -3.21. The molecule has 0 aromatic heterocycles. The quantitative estimate of drug-likeness (QED) is 0.794. The Morgan fingerprint density at radius 3 is 2.73 bits per heavy atom. The largest absolute Gasteiger partial charge is 0.454 e. The van der Waals surface area contributed by atoms with E-state index in [0.29, 0.717) is 16.8 Å². The van der Waals surface area contributed by atoms with Gasteiger partial charge in [-0.1, -0.05) is 15.9 Å². The van der Waals surface area contributed by atoms with Crippen LogP contribution in [0.3, 0.4) is 0 Å². The van der Waals surface area contributed by atoms with Crippen LogP contribution in [0.15, 0.2) is 23.1 Å². The normalized spacial score (nSPS) is 14.2. The molecule has 15 heavy (non-hydrogen) atoms. The van der Waals surface area contributed by atoms with Crippen LogP contribution in [0.25, 0.3) is 0 Å². The summed E-state index contributed by atoms with van der Waals surface area (Å²) in [4.78, 5) is 0.270. The summed E-state index contributed by atoms with van der Waals surface area (Å²) in [6.45, 7) is 0.150. The summed E-state index contributed by atoms with van der Waals surface area (Å²) >= 11 is 3.11. The minimum Gasteiger partial charge on any atom is -0.454 e. The van der Waals surface area contributed by atoms with Crippen LogP contribution in [0.2, 0.25) is 0 Å². The third kappa shape index (κ3) is 2.10. The first kappa shape index (κ1) is 10.8. The van der Waals surface area contributed by atoms with Gasteiger partial charge in [-0.3, -0.25) is 0 Å². The van der Waals surface area contributed by atoms with E-state index in [2.05, 4.69) is 15.9 Å². The lowest BCUT2D eigenvalue weighted by Gasteiger charge is -2.03. The Bertz CT molecular complexity index is 469. The fourth-order valence-electron chi connectivity index (χ4n) is 1.29. The number of hydrogen-bond donors (Lipinski definition) is 0. The molecule has 1 aromatic carbocycles. The highest BCUT2D eigenvalue weighted by atomic mass is 79.9. The minimum absolute atomic E-state index is 0.0760. The Morgan fingerprint density at radius 1 is 1.27 bits per heavy atom. The van der Waals surface area contributed by atoms with E-state index in [1.807, 2.05) is 0 Å². The second-order valence-corrected chi connectivity index (χ2v) is 5.93. The number of sulfone groups is 1. The molecule has 0 atom stereocenters. The Balaban J connectivity index is 2.38. The van der Waals surface area contributed by atoms with Crippen LogP contribution >= 0.6 is 15.9 Å². The molecule has 0 aliphatic carbocycles. The zero-order chi connectivity index (χ0) is 10.9. The summed E-state index contributed by atoms with van der Waals surface area (Å²) < 4.78 is 33.6. The van der Waals surface area contributed by atoms with Crippen molar-refractivity contribution in [2.24, 2.45) is 0 Å². The van der Waals surface area contributed by atoms with E-state index >= 15 is 0 Å². The molecule has 4 nitrogen and oxygen atoms in total. The Kier molecular flexibility index (Phi) is 2.88. The highest BCUT2D eigenvalue weighted by Crippen LogP contribution is 2.34. The van der Waals surface area contributed by atoms with Crippen molar-refractivity contribution in [3.63, 3.8) is 0 Å². The standard InChI is InChI=1S/C9H9BrO4S/c10-3-4-15(11,12)7-1-2-8-9(5-7)14-6-13-8/h1-2,5H,3-4,6H2. The predicted molar refractivity (Wildman–Crippen MR) is 58.4 cm³/mol. The molecule has 6 heteroatoms. The van der Waals surface area contributed by atoms with Crippen molar-refractivity contribution in [1.29, 1.82) is 0 Å². The van der Waals surface area contributed by atoms with Crippen LogP contribution in [-0.4, -0.2) is 26.3 Å². The van der Waals surface area contributed by atoms with Crippen molar-refractivity contribution >= 4 is 25.8 Å². The summed E-state index contributed by atoms with van der Waals surface area (Å²) in [7, 11) is -3.21. The Hall–Kier alpha value is -0.750. The molecule has 0 N–H and O–H groups in total. The maximum Gasteiger partial charge on any atom is 0.231 e. The van der Waals surface area contributed by atoms with Crippen LogP contribution < -0.4 is 9.47 Å². The predicted octanol–water partition coefficient (Wildman–Crippen LogP) is 1.58. The summed E-state index contributed by atoms with van der Waals surface area (Å²) in [5.74, 6) is 1.16. The average molecular weight is 293 g/mol. The first-order valence-corrected chi connectivity index (χ1v) is 7.09. The van der Waals surface area contributed by atoms with Gasteiger partial charge in [0.1, 0.15) is 0 Å². The van der Waals surface area contributed by atoms with Crippen LogP contribution in [0.5, 0.6) is 11.5 Å². The first-order valence-electron chi connectivity index (χ1n) is 4.32. The maximum absolute atomic E-state index is 11.7. The molecule has 0 unspecified atom stereocenters. The molecule has 1 aliphatic heterocycles. The van der Waals surface area contributed by atoms with E-state index in [-0.39, 0.29) is 17.4 Å². The van der Waals surface area contributed by atoms with Gasteiger partial charge < -0.3 is 9.47 Å². The van der Waals surface area contributed by atoms with Crippen molar-refractivity contribution < 1.29 is 17.9 Å².